The van der Waals surface area contributed by atoms with Gasteiger partial charge in [-0.2, -0.15) is 0 Å². The van der Waals surface area contributed by atoms with E-state index in [1.807, 2.05) is 0 Å². The summed E-state index contributed by atoms with van der Waals surface area (Å²) in [7, 11) is -20.8. The zero-order valence-electron chi connectivity index (χ0n) is 62.0. The first-order valence-electron chi connectivity index (χ1n) is 33.8. The van der Waals surface area contributed by atoms with Gasteiger partial charge in [0.1, 0.15) is 65.9 Å². The molecule has 0 aromatic heterocycles. The highest BCUT2D eigenvalue weighted by molar-refractivity contribution is 7.02. The summed E-state index contributed by atoms with van der Waals surface area (Å²) in [5.41, 5.74) is 5.91. The molecule has 0 fully saturated rings. The summed E-state index contributed by atoms with van der Waals surface area (Å²) in [6.07, 6.45) is 5.65. The topological polar surface area (TPSA) is 13.0 Å². The Bertz CT molecular complexity index is 2270. The van der Waals surface area contributed by atoms with Gasteiger partial charge in [0.05, 0.1) is 40.4 Å². The molecular weight excluding hydrogens is 1240 g/mol. The Morgan fingerprint density at radius 3 is 0.435 bits per heavy atom. The van der Waals surface area contributed by atoms with Crippen molar-refractivity contribution in [2.45, 2.75) is 284 Å². The van der Waals surface area contributed by atoms with Crippen molar-refractivity contribution in [1.82, 2.24) is 0 Å². The van der Waals surface area contributed by atoms with Crippen LogP contribution in [0.15, 0.2) is 97.1 Å². The van der Waals surface area contributed by atoms with Crippen LogP contribution in [0, 0.1) is 0 Å². The van der Waals surface area contributed by atoms with Gasteiger partial charge in [0.2, 0.25) is 0 Å². The lowest BCUT2D eigenvalue weighted by atomic mass is 10.3. The van der Waals surface area contributed by atoms with Crippen molar-refractivity contribution in [2.24, 2.45) is 0 Å². The lowest BCUT2D eigenvalue weighted by Gasteiger charge is -2.46. The van der Waals surface area contributed by atoms with Crippen molar-refractivity contribution in [3.8, 4) is 0 Å². The standard InChI is InChI=1S/C68H136N4Si13/c1-73(2,3)69(74(4,5)6)61-37-45-65(46-38-61)81(25,26)53-33-57-85(58-34-54-82(27,28)66-47-39-62(40-48-66)70(75(7,8)9)76(10,11)12,59-35-55-83(29,30)67-49-41-63(42-50-67)71(77(13,14)15)78(16,17)18)60-36-56-84(31,32)68-51-43-64(44-52-68)72(79(19,20)21)80(22,23)24/h37-52H,33-36,53-60H2,1-32H3. The lowest BCUT2D eigenvalue weighted by Crippen LogP contribution is -2.59. The van der Waals surface area contributed by atoms with E-state index in [1.165, 1.54) is 96.8 Å². The van der Waals surface area contributed by atoms with E-state index in [9.17, 15) is 0 Å². The number of hydrogen-bond acceptors (Lipinski definition) is 4. The molecule has 4 nitrogen and oxygen atoms in total. The predicted molar refractivity (Wildman–Crippen MR) is 434 cm³/mol. The van der Waals surface area contributed by atoms with Crippen LogP contribution in [-0.4, -0.2) is 106 Å². The monoisotopic (exact) mass is 1370 g/mol. The SMILES string of the molecule is C[Si](C)(CCC[Si](CCC[Si](C)(C)c1ccc(N([Si](C)(C)C)[Si](C)(C)C)cc1)(CCC[Si](C)(C)c1ccc(N([Si](C)(C)C)[Si](C)(C)C)cc1)CCC[Si](C)(C)c1ccc(N([Si](C)(C)C)[Si](C)(C)C)cc1)c1ccc(N([Si](C)(C)C)[Si](C)(C)C)cc1. The molecule has 0 N–H and O–H groups in total. The van der Waals surface area contributed by atoms with E-state index in [0.717, 1.165) is 0 Å². The Labute approximate surface area is 542 Å². The summed E-state index contributed by atoms with van der Waals surface area (Å²) in [6, 6.07) is 52.7. The maximum atomic E-state index is 2.90. The van der Waals surface area contributed by atoms with Crippen LogP contribution in [0.3, 0.4) is 0 Å². The Morgan fingerprint density at radius 2 is 0.318 bits per heavy atom. The molecule has 0 saturated carbocycles. The van der Waals surface area contributed by atoms with Crippen LogP contribution >= 0.6 is 0 Å². The van der Waals surface area contributed by atoms with Crippen LogP contribution < -0.4 is 37.7 Å². The van der Waals surface area contributed by atoms with Crippen molar-refractivity contribution >= 4 is 150 Å². The summed E-state index contributed by atoms with van der Waals surface area (Å²) in [6.45, 7) is 82.7. The second-order valence-electron chi connectivity index (χ2n) is 37.3. The fourth-order valence-electron chi connectivity index (χ4n) is 16.3. The highest BCUT2D eigenvalue weighted by atomic mass is 28.4. The molecule has 0 heterocycles. The number of hydrogen-bond donors (Lipinski definition) is 0. The average molecular weight is 1370 g/mol. The summed E-state index contributed by atoms with van der Waals surface area (Å²) < 4.78 is 11.6. The zero-order chi connectivity index (χ0) is 65.2. The molecule has 4 rings (SSSR count). The Kier molecular flexibility index (Phi) is 25.2. The first-order chi connectivity index (χ1) is 38.2. The number of nitrogens with zero attached hydrogens (tertiary/aromatic N) is 4. The van der Waals surface area contributed by atoms with Gasteiger partial charge in [-0.1, -0.05) is 353 Å². The molecule has 0 spiro atoms. The average Bonchev–Trinajstić information content (AvgIpc) is 3.48. The number of anilines is 4. The number of rotatable bonds is 32. The van der Waals surface area contributed by atoms with Gasteiger partial charge in [0, 0.05) is 22.7 Å². The molecule has 0 bridgehead atoms. The van der Waals surface area contributed by atoms with Crippen molar-refractivity contribution in [1.29, 1.82) is 0 Å². The minimum atomic E-state index is -1.76. The second kappa shape index (κ2) is 28.0. The van der Waals surface area contributed by atoms with Gasteiger partial charge in [-0.05, 0) is 48.5 Å². The summed E-state index contributed by atoms with van der Waals surface area (Å²) in [5, 5.41) is 6.66. The van der Waals surface area contributed by atoms with E-state index in [4.69, 9.17) is 0 Å². The van der Waals surface area contributed by atoms with Crippen LogP contribution in [-0.2, 0) is 0 Å². The molecule has 4 aromatic carbocycles. The predicted octanol–water partition coefficient (Wildman–Crippen LogP) is 21.4. The highest BCUT2D eigenvalue weighted by Crippen LogP contribution is 2.39. The van der Waals surface area contributed by atoms with Gasteiger partial charge in [0.15, 0.2) is 0 Å². The maximum absolute atomic E-state index is 2.90. The third-order valence-electron chi connectivity index (χ3n) is 19.0. The largest absolute Gasteiger partial charge is 0.425 e. The molecule has 480 valence electrons. The molecule has 0 saturated heterocycles. The second-order valence-corrected chi connectivity index (χ2v) is 102. The Balaban J connectivity index is 1.78. The van der Waals surface area contributed by atoms with Crippen molar-refractivity contribution in [2.75, 3.05) is 16.9 Å². The van der Waals surface area contributed by atoms with Crippen molar-refractivity contribution in [3.05, 3.63) is 97.1 Å². The normalized spacial score (nSPS) is 14.2. The van der Waals surface area contributed by atoms with Crippen LogP contribution in [0.2, 0.25) is 258 Å². The minimum absolute atomic E-state index is 1.40. The first-order valence-corrected chi connectivity index (χ1v) is 77.0. The van der Waals surface area contributed by atoms with E-state index >= 15 is 0 Å². The van der Waals surface area contributed by atoms with Crippen LogP contribution in [0.1, 0.15) is 25.7 Å². The molecule has 0 aliphatic carbocycles. The smallest absolute Gasteiger partial charge is 0.138 e. The van der Waals surface area contributed by atoms with Crippen molar-refractivity contribution < 1.29 is 0 Å². The Morgan fingerprint density at radius 1 is 0.188 bits per heavy atom. The van der Waals surface area contributed by atoms with Crippen LogP contribution in [0.4, 0.5) is 22.7 Å². The van der Waals surface area contributed by atoms with Gasteiger partial charge in [-0.25, -0.2) is 0 Å². The third-order valence-corrected chi connectivity index (χ3v) is 67.6. The van der Waals surface area contributed by atoms with Crippen LogP contribution in [0.5, 0.6) is 0 Å². The zero-order valence-corrected chi connectivity index (χ0v) is 75.0. The summed E-state index contributed by atoms with van der Waals surface area (Å²) >= 11 is 0. The van der Waals surface area contributed by atoms with E-state index < -0.39 is 106 Å². The quantitative estimate of drug-likeness (QED) is 0.0452. The molecule has 0 amide bonds. The lowest BCUT2D eigenvalue weighted by molar-refractivity contribution is 0.865. The maximum Gasteiger partial charge on any atom is 0.138 e. The fourth-order valence-corrected chi connectivity index (χ4v) is 72.2. The molecule has 0 aliphatic rings. The van der Waals surface area contributed by atoms with Gasteiger partial charge in [-0.3, -0.25) is 0 Å². The molecule has 85 heavy (non-hydrogen) atoms. The van der Waals surface area contributed by atoms with E-state index in [1.54, 1.807) is 20.7 Å². The molecular formula is C68H136N4Si13. The van der Waals surface area contributed by atoms with Crippen molar-refractivity contribution in [3.63, 3.8) is 0 Å². The van der Waals surface area contributed by atoms with E-state index in [0.29, 0.717) is 0 Å². The molecule has 4 aromatic rings. The molecule has 0 unspecified atom stereocenters. The van der Waals surface area contributed by atoms with Gasteiger partial charge in [0.25, 0.3) is 0 Å². The molecule has 0 atom stereocenters. The fraction of sp³-hybridized carbons (Fsp3) is 0.647. The van der Waals surface area contributed by atoms with Gasteiger partial charge in [-0.15, -0.1) is 0 Å². The summed E-state index contributed by atoms with van der Waals surface area (Å²) in [5.74, 6) is 0. The van der Waals surface area contributed by atoms with E-state index in [-0.39, 0.29) is 0 Å². The van der Waals surface area contributed by atoms with Gasteiger partial charge < -0.3 is 16.9 Å². The minimum Gasteiger partial charge on any atom is -0.425 e. The number of benzene rings is 4. The molecule has 0 radical (unpaired) electrons. The van der Waals surface area contributed by atoms with Gasteiger partial charge >= 0.3 is 0 Å². The first kappa shape index (κ1) is 76.4. The molecule has 0 aliphatic heterocycles. The van der Waals surface area contributed by atoms with Crippen LogP contribution in [0.25, 0.3) is 0 Å². The molecule has 17 heteroatoms. The third kappa shape index (κ3) is 21.5. The highest BCUT2D eigenvalue weighted by Gasteiger charge is 2.41. The Hall–Kier alpha value is -1.10. The van der Waals surface area contributed by atoms with E-state index in [2.05, 4.69) is 323 Å². The summed E-state index contributed by atoms with van der Waals surface area (Å²) in [4.78, 5) is 0.